The number of carbonyl (C=O) groups excluding carboxylic acids is 1. The Morgan fingerprint density at radius 3 is 2.58 bits per heavy atom. The standard InChI is InChI=1S/C28H34N6O2/c35-28(20-3-1-2-4-20)34-13-11-33(12-14-34)27-24-6-9-29-19-22(24)17-25(32-27)21-5-10-30-26(18-21)31-23-7-15-36-16-8-23/h5-6,9-10,17-20,23H,1-4,7-8,11-16H2,(H,30,31). The van der Waals surface area contributed by atoms with Gasteiger partial charge in [0, 0.05) is 86.3 Å². The van der Waals surface area contributed by atoms with Crippen LogP contribution in [-0.2, 0) is 9.53 Å². The maximum absolute atomic E-state index is 12.9. The Hall–Kier alpha value is -3.26. The number of nitrogens with zero attached hydrogens (tertiary/aromatic N) is 5. The van der Waals surface area contributed by atoms with Crippen molar-refractivity contribution in [2.24, 2.45) is 5.92 Å². The molecule has 8 nitrogen and oxygen atoms in total. The van der Waals surface area contributed by atoms with Gasteiger partial charge in [-0.15, -0.1) is 0 Å². The molecule has 3 aromatic heterocycles. The van der Waals surface area contributed by atoms with Gasteiger partial charge in [-0.1, -0.05) is 12.8 Å². The highest BCUT2D eigenvalue weighted by Gasteiger charge is 2.30. The molecule has 0 bridgehead atoms. The van der Waals surface area contributed by atoms with Gasteiger partial charge in [-0.2, -0.15) is 0 Å². The number of carbonyl (C=O) groups is 1. The highest BCUT2D eigenvalue weighted by molar-refractivity contribution is 5.94. The minimum atomic E-state index is 0.237. The number of hydrogen-bond donors (Lipinski definition) is 1. The van der Waals surface area contributed by atoms with E-state index >= 15 is 0 Å². The minimum Gasteiger partial charge on any atom is -0.381 e. The summed E-state index contributed by atoms with van der Waals surface area (Å²) in [6.45, 7) is 4.67. The van der Waals surface area contributed by atoms with Crippen LogP contribution >= 0.6 is 0 Å². The number of aromatic nitrogens is 3. The Labute approximate surface area is 212 Å². The molecule has 1 aliphatic carbocycles. The van der Waals surface area contributed by atoms with E-state index in [2.05, 4.69) is 37.2 Å². The summed E-state index contributed by atoms with van der Waals surface area (Å²) in [6.07, 6.45) is 12.1. The second kappa shape index (κ2) is 10.4. The number of anilines is 2. The molecule has 0 unspecified atom stereocenters. The van der Waals surface area contributed by atoms with Crippen molar-refractivity contribution in [3.05, 3.63) is 42.9 Å². The lowest BCUT2D eigenvalue weighted by Crippen LogP contribution is -2.50. The van der Waals surface area contributed by atoms with Crippen LogP contribution < -0.4 is 10.2 Å². The number of piperazine rings is 1. The van der Waals surface area contributed by atoms with Crippen molar-refractivity contribution in [2.45, 2.75) is 44.6 Å². The third kappa shape index (κ3) is 4.87. The van der Waals surface area contributed by atoms with Crippen molar-refractivity contribution in [3.63, 3.8) is 0 Å². The van der Waals surface area contributed by atoms with E-state index in [1.54, 1.807) is 0 Å². The number of hydrogen-bond acceptors (Lipinski definition) is 7. The minimum absolute atomic E-state index is 0.237. The molecule has 1 N–H and O–H groups in total. The van der Waals surface area contributed by atoms with E-state index in [1.165, 1.54) is 12.8 Å². The van der Waals surface area contributed by atoms with Crippen LogP contribution in [0.5, 0.6) is 0 Å². The first kappa shape index (κ1) is 23.2. The summed E-state index contributed by atoms with van der Waals surface area (Å²) < 4.78 is 5.48. The van der Waals surface area contributed by atoms with Gasteiger partial charge in [-0.3, -0.25) is 9.78 Å². The zero-order valence-corrected chi connectivity index (χ0v) is 20.7. The molecule has 188 valence electrons. The number of amides is 1. The molecule has 36 heavy (non-hydrogen) atoms. The van der Waals surface area contributed by atoms with Gasteiger partial charge in [-0.25, -0.2) is 9.97 Å². The second-order valence-electron chi connectivity index (χ2n) is 10.2. The molecule has 3 aromatic rings. The number of rotatable bonds is 5. The van der Waals surface area contributed by atoms with E-state index in [-0.39, 0.29) is 5.92 Å². The van der Waals surface area contributed by atoms with Crippen molar-refractivity contribution in [3.8, 4) is 11.3 Å². The summed E-state index contributed by atoms with van der Waals surface area (Å²) in [6, 6.07) is 8.64. The number of nitrogens with one attached hydrogen (secondary N) is 1. The van der Waals surface area contributed by atoms with Gasteiger partial charge in [0.15, 0.2) is 0 Å². The average molecular weight is 487 g/mol. The SMILES string of the molecule is O=C(C1CCCC1)N1CCN(c2nc(-c3ccnc(NC4CCOCC4)c3)cc3cnccc23)CC1. The number of ether oxygens (including phenoxy) is 1. The van der Waals surface area contributed by atoms with Crippen molar-refractivity contribution < 1.29 is 9.53 Å². The summed E-state index contributed by atoms with van der Waals surface area (Å²) in [7, 11) is 0. The highest BCUT2D eigenvalue weighted by Crippen LogP contribution is 2.32. The zero-order valence-electron chi connectivity index (χ0n) is 20.7. The third-order valence-corrected chi connectivity index (χ3v) is 7.84. The molecule has 1 saturated carbocycles. The molecule has 3 aliphatic rings. The van der Waals surface area contributed by atoms with Crippen LogP contribution in [0.15, 0.2) is 42.9 Å². The van der Waals surface area contributed by atoms with Crippen LogP contribution in [-0.4, -0.2) is 71.2 Å². The van der Waals surface area contributed by atoms with Crippen molar-refractivity contribution in [1.82, 2.24) is 19.9 Å². The molecule has 2 saturated heterocycles. The fraction of sp³-hybridized carbons (Fsp3) is 0.500. The summed E-state index contributed by atoms with van der Waals surface area (Å²) in [5.41, 5.74) is 1.94. The highest BCUT2D eigenvalue weighted by atomic mass is 16.5. The monoisotopic (exact) mass is 486 g/mol. The van der Waals surface area contributed by atoms with Gasteiger partial charge in [-0.05, 0) is 49.9 Å². The van der Waals surface area contributed by atoms with Crippen molar-refractivity contribution in [1.29, 1.82) is 0 Å². The molecular formula is C28H34N6O2. The van der Waals surface area contributed by atoms with Gasteiger partial charge in [0.25, 0.3) is 0 Å². The predicted molar refractivity (Wildman–Crippen MR) is 141 cm³/mol. The van der Waals surface area contributed by atoms with Gasteiger partial charge >= 0.3 is 0 Å². The number of fused-ring (bicyclic) bond motifs is 1. The second-order valence-corrected chi connectivity index (χ2v) is 10.2. The van der Waals surface area contributed by atoms with E-state index < -0.39 is 0 Å². The lowest BCUT2D eigenvalue weighted by Gasteiger charge is -2.37. The first-order valence-electron chi connectivity index (χ1n) is 13.3. The molecule has 1 amide bonds. The Morgan fingerprint density at radius 2 is 1.78 bits per heavy atom. The van der Waals surface area contributed by atoms with Gasteiger partial charge in [0.1, 0.15) is 11.6 Å². The zero-order chi connectivity index (χ0) is 24.3. The summed E-state index contributed by atoms with van der Waals surface area (Å²) in [5.74, 6) is 2.42. The van der Waals surface area contributed by atoms with Crippen LogP contribution in [0.25, 0.3) is 22.0 Å². The van der Waals surface area contributed by atoms with E-state index in [4.69, 9.17) is 9.72 Å². The van der Waals surface area contributed by atoms with E-state index in [0.717, 1.165) is 98.7 Å². The maximum Gasteiger partial charge on any atom is 0.225 e. The molecule has 0 aromatic carbocycles. The van der Waals surface area contributed by atoms with E-state index in [1.807, 2.05) is 30.7 Å². The Balaban J connectivity index is 1.24. The Morgan fingerprint density at radius 1 is 0.972 bits per heavy atom. The fourth-order valence-electron chi connectivity index (χ4n) is 5.76. The van der Waals surface area contributed by atoms with Gasteiger partial charge in [0.2, 0.25) is 5.91 Å². The molecule has 5 heterocycles. The molecule has 0 spiro atoms. The maximum atomic E-state index is 12.9. The largest absolute Gasteiger partial charge is 0.381 e. The van der Waals surface area contributed by atoms with Crippen molar-refractivity contribution in [2.75, 3.05) is 49.6 Å². The van der Waals surface area contributed by atoms with Crippen LogP contribution in [0.4, 0.5) is 11.6 Å². The first-order chi connectivity index (χ1) is 17.7. The predicted octanol–water partition coefficient (Wildman–Crippen LogP) is 4.12. The topological polar surface area (TPSA) is 83.5 Å². The first-order valence-corrected chi connectivity index (χ1v) is 13.3. The van der Waals surface area contributed by atoms with Crippen LogP contribution in [0.1, 0.15) is 38.5 Å². The van der Waals surface area contributed by atoms with Crippen LogP contribution in [0.2, 0.25) is 0 Å². The van der Waals surface area contributed by atoms with E-state index in [9.17, 15) is 4.79 Å². The van der Waals surface area contributed by atoms with Gasteiger partial charge in [0.05, 0.1) is 5.69 Å². The number of pyridine rings is 3. The smallest absolute Gasteiger partial charge is 0.225 e. The molecule has 0 radical (unpaired) electrons. The van der Waals surface area contributed by atoms with Gasteiger partial charge < -0.3 is 19.9 Å². The fourth-order valence-corrected chi connectivity index (χ4v) is 5.76. The Bertz CT molecular complexity index is 1210. The molecule has 0 atom stereocenters. The Kier molecular flexibility index (Phi) is 6.68. The lowest BCUT2D eigenvalue weighted by atomic mass is 10.1. The molecule has 2 aliphatic heterocycles. The molecule has 6 rings (SSSR count). The summed E-state index contributed by atoms with van der Waals surface area (Å²) >= 11 is 0. The normalized spacial score (nSPS) is 19.7. The summed E-state index contributed by atoms with van der Waals surface area (Å²) in [4.78, 5) is 31.4. The molecular weight excluding hydrogens is 452 g/mol. The molecule has 3 fully saturated rings. The lowest BCUT2D eigenvalue weighted by molar-refractivity contribution is -0.135. The average Bonchev–Trinajstić information content (AvgIpc) is 3.48. The quantitative estimate of drug-likeness (QED) is 0.581. The van der Waals surface area contributed by atoms with Crippen LogP contribution in [0, 0.1) is 5.92 Å². The van der Waals surface area contributed by atoms with E-state index in [0.29, 0.717) is 11.9 Å². The van der Waals surface area contributed by atoms with Crippen LogP contribution in [0.3, 0.4) is 0 Å². The van der Waals surface area contributed by atoms with Crippen molar-refractivity contribution >= 4 is 28.3 Å². The third-order valence-electron chi connectivity index (χ3n) is 7.84. The summed E-state index contributed by atoms with van der Waals surface area (Å²) in [5, 5.41) is 5.73. The molecule has 8 heteroatoms.